The predicted molar refractivity (Wildman–Crippen MR) is 67.0 cm³/mol. The van der Waals surface area contributed by atoms with Crippen LogP contribution in [0.1, 0.15) is 22.7 Å². The lowest BCUT2D eigenvalue weighted by Crippen LogP contribution is -2.36. The van der Waals surface area contributed by atoms with Crippen LogP contribution in [0.4, 0.5) is 0 Å². The molecule has 0 aliphatic heterocycles. The summed E-state index contributed by atoms with van der Waals surface area (Å²) in [4.78, 5) is 13.7. The molecule has 0 spiro atoms. The lowest BCUT2D eigenvalue weighted by atomic mass is 10.3. The zero-order valence-electron chi connectivity index (χ0n) is 11.0. The van der Waals surface area contributed by atoms with Gasteiger partial charge in [-0.3, -0.25) is 4.79 Å². The number of oxime groups is 1. The lowest BCUT2D eigenvalue weighted by molar-refractivity contribution is 0.0690. The van der Waals surface area contributed by atoms with Crippen molar-refractivity contribution < 1.29 is 19.3 Å². The molecule has 0 aromatic carbocycles. The molecule has 0 saturated heterocycles. The summed E-state index contributed by atoms with van der Waals surface area (Å²) in [7, 11) is 1.55. The van der Waals surface area contributed by atoms with Crippen molar-refractivity contribution in [1.82, 2.24) is 10.1 Å². The molecular formula is C11H18N4O4. The van der Waals surface area contributed by atoms with Gasteiger partial charge >= 0.3 is 0 Å². The van der Waals surface area contributed by atoms with Gasteiger partial charge in [0, 0.05) is 32.7 Å². The predicted octanol–water partition coefficient (Wildman–Crippen LogP) is 0.208. The van der Waals surface area contributed by atoms with Crippen LogP contribution in [-0.2, 0) is 4.74 Å². The molecule has 0 aliphatic carbocycles. The van der Waals surface area contributed by atoms with E-state index in [4.69, 9.17) is 20.2 Å². The van der Waals surface area contributed by atoms with Gasteiger partial charge in [0.15, 0.2) is 5.69 Å². The van der Waals surface area contributed by atoms with Crippen LogP contribution in [0.2, 0.25) is 0 Å². The number of amides is 1. The first kappa shape index (κ1) is 15.0. The number of aromatic nitrogens is 1. The topological polar surface area (TPSA) is 114 Å². The Bertz CT molecular complexity index is 444. The minimum atomic E-state index is -0.278. The molecule has 106 valence electrons. The third-order valence-electron chi connectivity index (χ3n) is 2.47. The Balaban J connectivity index is 2.69. The number of nitrogens with two attached hydrogens (primary N) is 1. The van der Waals surface area contributed by atoms with Gasteiger partial charge in [-0.1, -0.05) is 10.3 Å². The molecule has 0 saturated carbocycles. The van der Waals surface area contributed by atoms with Gasteiger partial charge in [-0.2, -0.15) is 0 Å². The first-order valence-electron chi connectivity index (χ1n) is 5.76. The number of amidine groups is 1. The fourth-order valence-electron chi connectivity index (χ4n) is 1.45. The zero-order chi connectivity index (χ0) is 14.3. The Morgan fingerprint density at radius 3 is 2.89 bits per heavy atom. The number of rotatable bonds is 7. The maximum atomic E-state index is 12.2. The molecule has 1 heterocycles. The van der Waals surface area contributed by atoms with Crippen LogP contribution in [0.15, 0.2) is 15.7 Å². The largest absolute Gasteiger partial charge is 0.409 e. The van der Waals surface area contributed by atoms with E-state index in [9.17, 15) is 4.79 Å². The van der Waals surface area contributed by atoms with Crippen molar-refractivity contribution >= 4 is 11.7 Å². The molecule has 0 radical (unpaired) electrons. The van der Waals surface area contributed by atoms with Crippen molar-refractivity contribution in [3.63, 3.8) is 0 Å². The molecule has 3 N–H and O–H groups in total. The molecule has 1 aromatic heterocycles. The third kappa shape index (κ3) is 4.59. The molecule has 1 amide bonds. The molecule has 0 unspecified atom stereocenters. The van der Waals surface area contributed by atoms with Crippen LogP contribution in [0.5, 0.6) is 0 Å². The molecule has 8 heteroatoms. The standard InChI is InChI=1S/C11H18N4O4/c1-8-7-9(14-19-8)11(16)15(5-6-18-2)4-3-10(12)13-17/h7,17H,3-6H2,1-2H3,(H2,12,13). The van der Waals surface area contributed by atoms with Gasteiger partial charge < -0.3 is 25.1 Å². The van der Waals surface area contributed by atoms with Gasteiger partial charge in [-0.15, -0.1) is 0 Å². The van der Waals surface area contributed by atoms with E-state index < -0.39 is 0 Å². The number of carbonyl (C=O) groups is 1. The van der Waals surface area contributed by atoms with Crippen LogP contribution >= 0.6 is 0 Å². The highest BCUT2D eigenvalue weighted by atomic mass is 16.5. The Morgan fingerprint density at radius 2 is 2.37 bits per heavy atom. The van der Waals surface area contributed by atoms with Crippen LogP contribution in [-0.4, -0.2) is 53.8 Å². The highest BCUT2D eigenvalue weighted by molar-refractivity contribution is 5.92. The zero-order valence-corrected chi connectivity index (χ0v) is 11.0. The Morgan fingerprint density at radius 1 is 1.63 bits per heavy atom. The molecule has 1 rings (SSSR count). The molecule has 0 aliphatic rings. The van der Waals surface area contributed by atoms with Crippen LogP contribution in [0.25, 0.3) is 0 Å². The van der Waals surface area contributed by atoms with E-state index >= 15 is 0 Å². The van der Waals surface area contributed by atoms with Crippen molar-refractivity contribution in [2.24, 2.45) is 10.9 Å². The average molecular weight is 270 g/mol. The normalized spacial score (nSPS) is 11.6. The number of methoxy groups -OCH3 is 1. The number of aryl methyl sites for hydroxylation is 1. The molecular weight excluding hydrogens is 252 g/mol. The summed E-state index contributed by atoms with van der Waals surface area (Å²) in [5.41, 5.74) is 5.62. The third-order valence-corrected chi connectivity index (χ3v) is 2.47. The van der Waals surface area contributed by atoms with Crippen molar-refractivity contribution in [3.05, 3.63) is 17.5 Å². The SMILES string of the molecule is COCCN(CCC(N)=NO)C(=O)c1cc(C)on1. The van der Waals surface area contributed by atoms with E-state index in [1.54, 1.807) is 20.1 Å². The summed E-state index contributed by atoms with van der Waals surface area (Å²) in [6, 6.07) is 1.56. The Kier molecular flexibility index (Phi) is 5.80. The molecule has 0 bridgehead atoms. The second-order valence-electron chi connectivity index (χ2n) is 3.95. The van der Waals surface area contributed by atoms with Crippen molar-refractivity contribution in [2.75, 3.05) is 26.8 Å². The molecule has 1 aromatic rings. The highest BCUT2D eigenvalue weighted by Gasteiger charge is 2.19. The monoisotopic (exact) mass is 270 g/mol. The van der Waals surface area contributed by atoms with Gasteiger partial charge in [0.1, 0.15) is 11.6 Å². The summed E-state index contributed by atoms with van der Waals surface area (Å²) in [6.07, 6.45) is 0.267. The van der Waals surface area contributed by atoms with Crippen molar-refractivity contribution in [1.29, 1.82) is 0 Å². The summed E-state index contributed by atoms with van der Waals surface area (Å²) in [5.74, 6) is 0.345. The number of hydrogen-bond donors (Lipinski definition) is 2. The quantitative estimate of drug-likeness (QED) is 0.317. The second kappa shape index (κ2) is 7.37. The summed E-state index contributed by atoms with van der Waals surface area (Å²) >= 11 is 0. The average Bonchev–Trinajstić information content (AvgIpc) is 2.84. The van der Waals surface area contributed by atoms with Gasteiger partial charge in [-0.05, 0) is 6.92 Å². The van der Waals surface area contributed by atoms with Crippen LogP contribution in [0.3, 0.4) is 0 Å². The molecule has 8 nitrogen and oxygen atoms in total. The number of hydrogen-bond acceptors (Lipinski definition) is 6. The van der Waals surface area contributed by atoms with Gasteiger partial charge in [0.2, 0.25) is 0 Å². The molecule has 0 atom stereocenters. The van der Waals surface area contributed by atoms with E-state index in [0.717, 1.165) is 0 Å². The first-order chi connectivity index (χ1) is 9.08. The number of nitrogens with zero attached hydrogens (tertiary/aromatic N) is 3. The fourth-order valence-corrected chi connectivity index (χ4v) is 1.45. The Hall–Kier alpha value is -2.09. The van der Waals surface area contributed by atoms with E-state index in [0.29, 0.717) is 25.5 Å². The van der Waals surface area contributed by atoms with E-state index in [1.807, 2.05) is 0 Å². The molecule has 0 fully saturated rings. The van der Waals surface area contributed by atoms with E-state index in [1.165, 1.54) is 4.90 Å². The minimum Gasteiger partial charge on any atom is -0.409 e. The minimum absolute atomic E-state index is 0.0616. The summed E-state index contributed by atoms with van der Waals surface area (Å²) in [5, 5.41) is 15.0. The Labute approximate surface area is 110 Å². The highest BCUT2D eigenvalue weighted by Crippen LogP contribution is 2.06. The molecule has 19 heavy (non-hydrogen) atoms. The number of ether oxygens (including phenoxy) is 1. The number of carbonyl (C=O) groups excluding carboxylic acids is 1. The van der Waals surface area contributed by atoms with Crippen LogP contribution in [0, 0.1) is 6.92 Å². The lowest BCUT2D eigenvalue weighted by Gasteiger charge is -2.20. The summed E-state index contributed by atoms with van der Waals surface area (Å²) in [6.45, 7) is 2.79. The van der Waals surface area contributed by atoms with Crippen molar-refractivity contribution in [2.45, 2.75) is 13.3 Å². The van der Waals surface area contributed by atoms with E-state index in [2.05, 4.69) is 10.3 Å². The maximum Gasteiger partial charge on any atom is 0.276 e. The van der Waals surface area contributed by atoms with Gasteiger partial charge in [0.05, 0.1) is 6.61 Å². The maximum absolute atomic E-state index is 12.2. The van der Waals surface area contributed by atoms with Gasteiger partial charge in [0.25, 0.3) is 5.91 Å². The van der Waals surface area contributed by atoms with Crippen molar-refractivity contribution in [3.8, 4) is 0 Å². The first-order valence-corrected chi connectivity index (χ1v) is 5.76. The van der Waals surface area contributed by atoms with E-state index in [-0.39, 0.29) is 23.9 Å². The fraction of sp³-hybridized carbons (Fsp3) is 0.545. The van der Waals surface area contributed by atoms with Gasteiger partial charge in [-0.25, -0.2) is 0 Å². The second-order valence-corrected chi connectivity index (χ2v) is 3.95. The smallest absolute Gasteiger partial charge is 0.276 e. The van der Waals surface area contributed by atoms with Crippen LogP contribution < -0.4 is 5.73 Å². The summed E-state index contributed by atoms with van der Waals surface area (Å²) < 4.78 is 9.82.